The normalized spacial score (nSPS) is 12.8. The molecular weight excluding hydrogens is 348 g/mol. The predicted molar refractivity (Wildman–Crippen MR) is 103 cm³/mol. The van der Waals surface area contributed by atoms with E-state index in [0.29, 0.717) is 17.2 Å². The van der Waals surface area contributed by atoms with E-state index in [4.69, 9.17) is 0 Å². The summed E-state index contributed by atoms with van der Waals surface area (Å²) in [7, 11) is 0. The second kappa shape index (κ2) is 6.71. The number of amides is 2. The van der Waals surface area contributed by atoms with Crippen LogP contribution in [0, 0.1) is 10.1 Å². The molecule has 3 aromatic rings. The predicted octanol–water partition coefficient (Wildman–Crippen LogP) is 3.93. The van der Waals surface area contributed by atoms with Crippen LogP contribution in [0.5, 0.6) is 0 Å². The molecule has 2 heterocycles. The average Bonchev–Trinajstić information content (AvgIpc) is 3.30. The Bertz CT molecular complexity index is 1120. The van der Waals surface area contributed by atoms with Crippen LogP contribution in [0.1, 0.15) is 12.2 Å². The molecule has 0 radical (unpaired) electrons. The Balaban J connectivity index is 1.49. The fourth-order valence-electron chi connectivity index (χ4n) is 2.73. The van der Waals surface area contributed by atoms with Gasteiger partial charge in [0.05, 0.1) is 16.0 Å². The number of non-ortho nitro benzene ring substituents is 1. The van der Waals surface area contributed by atoms with Crippen molar-refractivity contribution >= 4 is 46.0 Å². The number of benzene rings is 2. The fourth-order valence-corrected chi connectivity index (χ4v) is 2.73. The molecule has 0 saturated carbocycles. The molecule has 27 heavy (non-hydrogen) atoms. The monoisotopic (exact) mass is 362 g/mol. The van der Waals surface area contributed by atoms with Gasteiger partial charge >= 0.3 is 6.03 Å². The minimum absolute atomic E-state index is 0.0944. The van der Waals surface area contributed by atoms with Gasteiger partial charge in [0.2, 0.25) is 0 Å². The molecule has 134 valence electrons. The Hall–Kier alpha value is -4.01. The van der Waals surface area contributed by atoms with Gasteiger partial charge in [-0.25, -0.2) is 9.78 Å². The molecule has 0 bridgehead atoms. The van der Waals surface area contributed by atoms with Crippen molar-refractivity contribution in [3.8, 4) is 0 Å². The van der Waals surface area contributed by atoms with Crippen molar-refractivity contribution in [3.63, 3.8) is 0 Å². The van der Waals surface area contributed by atoms with Crippen molar-refractivity contribution in [2.45, 2.75) is 6.42 Å². The molecular formula is C18H14N6O3. The van der Waals surface area contributed by atoms with Gasteiger partial charge in [-0.3, -0.25) is 15.1 Å². The van der Waals surface area contributed by atoms with E-state index in [2.05, 4.69) is 25.6 Å². The quantitative estimate of drug-likeness (QED) is 0.480. The maximum atomic E-state index is 12.2. The Morgan fingerprint density at radius 2 is 1.96 bits per heavy atom. The summed E-state index contributed by atoms with van der Waals surface area (Å²) < 4.78 is 0. The molecule has 0 unspecified atom stereocenters. The van der Waals surface area contributed by atoms with Crippen LogP contribution < -0.4 is 10.6 Å². The van der Waals surface area contributed by atoms with Crippen molar-refractivity contribution in [2.75, 3.05) is 10.6 Å². The Morgan fingerprint density at radius 3 is 2.70 bits per heavy atom. The maximum absolute atomic E-state index is 12.2. The number of rotatable bonds is 4. The Labute approximate surface area is 153 Å². The lowest BCUT2D eigenvalue weighted by Crippen LogP contribution is -2.19. The topological polar surface area (TPSA) is 125 Å². The molecule has 0 saturated heterocycles. The van der Waals surface area contributed by atoms with Crippen LogP contribution in [0.15, 0.2) is 53.5 Å². The third kappa shape index (κ3) is 3.52. The number of carbonyl (C=O) groups is 1. The van der Waals surface area contributed by atoms with E-state index in [1.165, 1.54) is 18.2 Å². The van der Waals surface area contributed by atoms with Crippen LogP contribution in [0.3, 0.4) is 0 Å². The first kappa shape index (κ1) is 16.5. The summed E-state index contributed by atoms with van der Waals surface area (Å²) in [5, 5.41) is 16.1. The van der Waals surface area contributed by atoms with Crippen LogP contribution in [-0.2, 0) is 0 Å². The van der Waals surface area contributed by atoms with Gasteiger partial charge in [0, 0.05) is 36.1 Å². The van der Waals surface area contributed by atoms with E-state index < -0.39 is 11.0 Å². The van der Waals surface area contributed by atoms with Crippen LogP contribution in [-0.4, -0.2) is 27.1 Å². The molecule has 3 N–H and O–H groups in total. The van der Waals surface area contributed by atoms with Gasteiger partial charge in [0.1, 0.15) is 5.70 Å². The van der Waals surface area contributed by atoms with Gasteiger partial charge in [-0.1, -0.05) is 6.07 Å². The molecule has 9 heteroatoms. The van der Waals surface area contributed by atoms with Crippen molar-refractivity contribution in [1.29, 1.82) is 0 Å². The number of anilines is 2. The number of urea groups is 1. The molecule has 1 aliphatic rings. The van der Waals surface area contributed by atoms with Gasteiger partial charge < -0.3 is 15.6 Å². The van der Waals surface area contributed by atoms with Crippen LogP contribution in [0.2, 0.25) is 0 Å². The number of imidazole rings is 1. The summed E-state index contributed by atoms with van der Waals surface area (Å²) in [6, 6.07) is 10.5. The minimum atomic E-state index is -0.517. The molecule has 0 atom stereocenters. The number of hydrogen-bond donors (Lipinski definition) is 3. The number of fused-ring (bicyclic) bond motifs is 1. The van der Waals surface area contributed by atoms with E-state index >= 15 is 0 Å². The lowest BCUT2D eigenvalue weighted by atomic mass is 10.2. The Kier molecular flexibility index (Phi) is 4.09. The molecule has 1 aliphatic heterocycles. The molecule has 9 nitrogen and oxygen atoms in total. The number of hydrogen-bond acceptors (Lipinski definition) is 5. The number of nitrogens with one attached hydrogen (secondary N) is 3. The number of carbonyl (C=O) groups excluding carboxylic acids is 1. The first-order valence-corrected chi connectivity index (χ1v) is 8.14. The summed E-state index contributed by atoms with van der Waals surface area (Å²) in [6.07, 6.45) is 4.58. The summed E-state index contributed by atoms with van der Waals surface area (Å²) in [6.45, 7) is 0. The van der Waals surface area contributed by atoms with Crippen LogP contribution in [0.4, 0.5) is 21.9 Å². The Morgan fingerprint density at radius 1 is 1.15 bits per heavy atom. The maximum Gasteiger partial charge on any atom is 0.323 e. The van der Waals surface area contributed by atoms with Crippen LogP contribution in [0.25, 0.3) is 16.7 Å². The van der Waals surface area contributed by atoms with E-state index in [0.717, 1.165) is 23.2 Å². The first-order chi connectivity index (χ1) is 13.1. The number of aromatic amines is 1. The lowest BCUT2D eigenvalue weighted by Gasteiger charge is -2.07. The highest BCUT2D eigenvalue weighted by atomic mass is 16.6. The van der Waals surface area contributed by atoms with Crippen LogP contribution >= 0.6 is 0 Å². The van der Waals surface area contributed by atoms with E-state index in [-0.39, 0.29) is 5.69 Å². The van der Waals surface area contributed by atoms with Gasteiger partial charge in [0.15, 0.2) is 5.82 Å². The number of allylic oxidation sites excluding steroid dienone is 1. The second-order valence-corrected chi connectivity index (χ2v) is 5.84. The van der Waals surface area contributed by atoms with Crippen molar-refractivity contribution < 1.29 is 9.72 Å². The number of nitro groups is 1. The SMILES string of the molecule is O=C(Nc1cccc([N+](=O)[O-])c1)Nc1ccc2nc(C3=CCC=N3)[nH]c2c1. The van der Waals surface area contributed by atoms with E-state index in [9.17, 15) is 14.9 Å². The third-order valence-electron chi connectivity index (χ3n) is 3.94. The smallest absolute Gasteiger partial charge is 0.323 e. The highest BCUT2D eigenvalue weighted by molar-refractivity contribution is 6.01. The summed E-state index contributed by atoms with van der Waals surface area (Å²) in [4.78, 5) is 34.4. The van der Waals surface area contributed by atoms with Gasteiger partial charge in [-0.2, -0.15) is 0 Å². The minimum Gasteiger partial charge on any atom is -0.337 e. The zero-order chi connectivity index (χ0) is 18.8. The third-order valence-corrected chi connectivity index (χ3v) is 3.94. The number of aliphatic imine (C=N–C) groups is 1. The van der Waals surface area contributed by atoms with E-state index in [1.807, 2.05) is 12.3 Å². The van der Waals surface area contributed by atoms with Gasteiger partial charge in [-0.15, -0.1) is 0 Å². The molecule has 0 fully saturated rings. The zero-order valence-electron chi connectivity index (χ0n) is 14.0. The number of H-pyrrole nitrogens is 1. The summed E-state index contributed by atoms with van der Waals surface area (Å²) in [5.74, 6) is 0.678. The largest absolute Gasteiger partial charge is 0.337 e. The molecule has 1 aromatic heterocycles. The van der Waals surface area contributed by atoms with Crippen molar-refractivity contribution in [3.05, 3.63) is 64.5 Å². The number of nitrogens with zero attached hydrogens (tertiary/aromatic N) is 3. The summed E-state index contributed by atoms with van der Waals surface area (Å²) in [5.41, 5.74) is 3.12. The molecule has 0 aliphatic carbocycles. The fraction of sp³-hybridized carbons (Fsp3) is 0.0556. The lowest BCUT2D eigenvalue weighted by molar-refractivity contribution is -0.384. The molecule has 4 rings (SSSR count). The first-order valence-electron chi connectivity index (χ1n) is 8.14. The standard InChI is InChI=1S/C18H14N6O3/c25-18(20-11-3-1-4-13(9-11)24(26)27)21-12-6-7-14-16(10-12)23-17(22-14)15-5-2-8-19-15/h1,3-10H,2H2,(H,22,23)(H2,20,21,25). The molecule has 2 aromatic carbocycles. The summed E-state index contributed by atoms with van der Waals surface area (Å²) >= 11 is 0. The molecule has 0 spiro atoms. The zero-order valence-corrected chi connectivity index (χ0v) is 14.0. The highest BCUT2D eigenvalue weighted by Crippen LogP contribution is 2.23. The van der Waals surface area contributed by atoms with Crippen molar-refractivity contribution in [2.24, 2.45) is 4.99 Å². The van der Waals surface area contributed by atoms with Gasteiger partial charge in [0.25, 0.3) is 5.69 Å². The van der Waals surface area contributed by atoms with E-state index in [1.54, 1.807) is 24.3 Å². The van der Waals surface area contributed by atoms with Gasteiger partial charge in [-0.05, 0) is 30.3 Å². The average molecular weight is 362 g/mol. The highest BCUT2D eigenvalue weighted by Gasteiger charge is 2.11. The second-order valence-electron chi connectivity index (χ2n) is 5.84. The number of aromatic nitrogens is 2. The number of nitro benzene ring substituents is 1. The molecule has 2 amide bonds. The van der Waals surface area contributed by atoms with Crippen molar-refractivity contribution in [1.82, 2.24) is 9.97 Å².